The van der Waals surface area contributed by atoms with Crippen molar-refractivity contribution >= 4 is 5.82 Å². The fraction of sp³-hybridized carbons (Fsp3) is 0.579. The zero-order valence-corrected chi connectivity index (χ0v) is 15.4. The van der Waals surface area contributed by atoms with Gasteiger partial charge in [-0.15, -0.1) is 0 Å². The first-order valence-electron chi connectivity index (χ1n) is 9.47. The first kappa shape index (κ1) is 18.0. The van der Waals surface area contributed by atoms with Crippen LogP contribution in [0.5, 0.6) is 0 Å². The van der Waals surface area contributed by atoms with Gasteiger partial charge in [0.05, 0.1) is 6.33 Å². The van der Waals surface area contributed by atoms with Crippen molar-refractivity contribution in [3.8, 4) is 0 Å². The Morgan fingerprint density at radius 3 is 2.70 bits per heavy atom. The van der Waals surface area contributed by atoms with E-state index in [0.717, 1.165) is 62.9 Å². The number of aryl methyl sites for hydroxylation is 2. The average molecular weight is 375 g/mol. The van der Waals surface area contributed by atoms with Crippen LogP contribution in [-0.2, 0) is 19.4 Å². The molecule has 0 spiro atoms. The Morgan fingerprint density at radius 1 is 1.22 bits per heavy atom. The highest BCUT2D eigenvalue weighted by atomic mass is 19.3. The molecule has 1 aliphatic heterocycles. The van der Waals surface area contributed by atoms with Crippen molar-refractivity contribution in [3.05, 3.63) is 45.5 Å². The molecule has 1 fully saturated rings. The molecule has 8 heteroatoms. The van der Waals surface area contributed by atoms with E-state index in [-0.39, 0.29) is 0 Å². The molecule has 27 heavy (non-hydrogen) atoms. The number of halogens is 2. The van der Waals surface area contributed by atoms with E-state index in [1.54, 1.807) is 0 Å². The Hall–Kier alpha value is -2.38. The summed E-state index contributed by atoms with van der Waals surface area (Å²) in [5.74, 6) is 2.23. The highest BCUT2D eigenvalue weighted by Gasteiger charge is 2.26. The topological polar surface area (TPSA) is 63.9 Å². The van der Waals surface area contributed by atoms with Crippen molar-refractivity contribution in [1.82, 2.24) is 19.5 Å². The fourth-order valence-corrected chi connectivity index (χ4v) is 4.10. The number of nitrogens with zero attached hydrogens (tertiary/aromatic N) is 5. The highest BCUT2D eigenvalue weighted by molar-refractivity contribution is 5.51. The van der Waals surface area contributed by atoms with Gasteiger partial charge in [0.2, 0.25) is 0 Å². The molecule has 2 aliphatic rings. The lowest BCUT2D eigenvalue weighted by molar-refractivity contribution is 0.145. The summed E-state index contributed by atoms with van der Waals surface area (Å²) < 4.78 is 26.7. The van der Waals surface area contributed by atoms with E-state index in [9.17, 15) is 13.6 Å². The zero-order valence-electron chi connectivity index (χ0n) is 15.4. The van der Waals surface area contributed by atoms with Crippen LogP contribution in [0.4, 0.5) is 14.6 Å². The Morgan fingerprint density at radius 2 is 2.00 bits per heavy atom. The molecule has 1 saturated heterocycles. The van der Waals surface area contributed by atoms with Crippen molar-refractivity contribution in [2.45, 2.75) is 52.0 Å². The molecule has 0 radical (unpaired) electrons. The number of rotatable bonds is 4. The second-order valence-electron chi connectivity index (χ2n) is 7.41. The van der Waals surface area contributed by atoms with Crippen LogP contribution < -0.4 is 10.5 Å². The molecule has 1 aliphatic carbocycles. The molecule has 144 valence electrons. The van der Waals surface area contributed by atoms with E-state index in [4.69, 9.17) is 4.98 Å². The zero-order chi connectivity index (χ0) is 19.0. The number of hydrogen-bond donors (Lipinski definition) is 0. The van der Waals surface area contributed by atoms with Crippen LogP contribution in [0.2, 0.25) is 0 Å². The molecular formula is C19H23F2N5O. The minimum atomic E-state index is -2.71. The van der Waals surface area contributed by atoms with Gasteiger partial charge < -0.3 is 4.90 Å². The molecule has 3 heterocycles. The second-order valence-corrected chi connectivity index (χ2v) is 7.41. The van der Waals surface area contributed by atoms with Gasteiger partial charge in [0.1, 0.15) is 17.3 Å². The van der Waals surface area contributed by atoms with Gasteiger partial charge in [0.25, 0.3) is 12.0 Å². The van der Waals surface area contributed by atoms with E-state index < -0.39 is 17.7 Å². The van der Waals surface area contributed by atoms with E-state index in [0.29, 0.717) is 12.5 Å². The van der Waals surface area contributed by atoms with Crippen LogP contribution in [0.25, 0.3) is 0 Å². The van der Waals surface area contributed by atoms with E-state index in [1.807, 2.05) is 6.92 Å². The maximum absolute atomic E-state index is 12.6. The molecule has 0 bridgehead atoms. The van der Waals surface area contributed by atoms with E-state index >= 15 is 0 Å². The third-order valence-electron chi connectivity index (χ3n) is 5.52. The van der Waals surface area contributed by atoms with Crippen molar-refractivity contribution in [2.24, 2.45) is 5.92 Å². The predicted octanol–water partition coefficient (Wildman–Crippen LogP) is 2.68. The maximum Gasteiger partial charge on any atom is 0.280 e. The highest BCUT2D eigenvalue weighted by Crippen LogP contribution is 2.31. The van der Waals surface area contributed by atoms with Crippen LogP contribution in [0.1, 0.15) is 48.5 Å². The number of fused-ring (bicyclic) bond motifs is 1. The van der Waals surface area contributed by atoms with Gasteiger partial charge in [-0.25, -0.2) is 23.7 Å². The minimum Gasteiger partial charge on any atom is -0.356 e. The Kier molecular flexibility index (Phi) is 4.88. The quantitative estimate of drug-likeness (QED) is 0.822. The summed E-state index contributed by atoms with van der Waals surface area (Å²) in [7, 11) is 0. The molecule has 4 rings (SSSR count). The number of hydrogen-bond acceptors (Lipinski definition) is 5. The smallest absolute Gasteiger partial charge is 0.280 e. The summed E-state index contributed by atoms with van der Waals surface area (Å²) in [6.45, 7) is 4.22. The van der Waals surface area contributed by atoms with E-state index in [1.165, 1.54) is 22.2 Å². The molecule has 0 amide bonds. The Labute approximate surface area is 156 Å². The van der Waals surface area contributed by atoms with Crippen LogP contribution in [-0.4, -0.2) is 32.6 Å². The molecular weight excluding hydrogens is 352 g/mol. The molecule has 0 aromatic carbocycles. The van der Waals surface area contributed by atoms with Gasteiger partial charge in [-0.2, -0.15) is 0 Å². The van der Waals surface area contributed by atoms with Gasteiger partial charge >= 0.3 is 0 Å². The number of piperidine rings is 1. The van der Waals surface area contributed by atoms with Crippen molar-refractivity contribution in [3.63, 3.8) is 0 Å². The molecule has 0 atom stereocenters. The van der Waals surface area contributed by atoms with Gasteiger partial charge in [0, 0.05) is 37.0 Å². The standard InChI is InChI=1S/C19H23F2N5O/c1-12-23-15-4-2-3-14(15)19(24-12)25-7-5-13(6-8-25)10-26-11-22-16(18(20)21)9-17(26)27/h9,11,13,18H,2-8,10H2,1H3. The van der Waals surface area contributed by atoms with Gasteiger partial charge in [0.15, 0.2) is 0 Å². The van der Waals surface area contributed by atoms with Gasteiger partial charge in [-0.05, 0) is 44.9 Å². The van der Waals surface area contributed by atoms with Crippen molar-refractivity contribution < 1.29 is 8.78 Å². The van der Waals surface area contributed by atoms with Crippen LogP contribution in [0.15, 0.2) is 17.2 Å². The predicted molar refractivity (Wildman–Crippen MR) is 97.2 cm³/mol. The summed E-state index contributed by atoms with van der Waals surface area (Å²) in [6, 6.07) is 0.937. The normalized spacial score (nSPS) is 17.6. The van der Waals surface area contributed by atoms with Gasteiger partial charge in [-0.1, -0.05) is 0 Å². The minimum absolute atomic E-state index is 0.328. The molecule has 2 aromatic rings. The lowest BCUT2D eigenvalue weighted by Gasteiger charge is -2.34. The molecule has 2 aromatic heterocycles. The van der Waals surface area contributed by atoms with E-state index in [2.05, 4.69) is 14.9 Å². The lowest BCUT2D eigenvalue weighted by Crippen LogP contribution is -2.37. The Balaban J connectivity index is 1.42. The monoisotopic (exact) mass is 375 g/mol. The maximum atomic E-state index is 12.6. The van der Waals surface area contributed by atoms with Crippen LogP contribution in [0, 0.1) is 12.8 Å². The van der Waals surface area contributed by atoms with Gasteiger partial charge in [-0.3, -0.25) is 9.36 Å². The summed E-state index contributed by atoms with van der Waals surface area (Å²) in [5.41, 5.74) is 1.62. The molecule has 0 saturated carbocycles. The van der Waals surface area contributed by atoms with Crippen LogP contribution >= 0.6 is 0 Å². The third-order valence-corrected chi connectivity index (χ3v) is 5.52. The number of anilines is 1. The fourth-order valence-electron chi connectivity index (χ4n) is 4.10. The summed E-state index contributed by atoms with van der Waals surface area (Å²) in [4.78, 5) is 27.3. The summed E-state index contributed by atoms with van der Waals surface area (Å²) in [5, 5.41) is 0. The summed E-state index contributed by atoms with van der Waals surface area (Å²) in [6.07, 6.45) is 3.61. The number of aromatic nitrogens is 4. The first-order chi connectivity index (χ1) is 13.0. The average Bonchev–Trinajstić information content (AvgIpc) is 3.11. The third kappa shape index (κ3) is 3.70. The largest absolute Gasteiger partial charge is 0.356 e. The SMILES string of the molecule is Cc1nc2c(c(N3CCC(Cn4cnc(C(F)F)cc4=O)CC3)n1)CCC2. The second kappa shape index (κ2) is 7.32. The van der Waals surface area contributed by atoms with Crippen molar-refractivity contribution in [2.75, 3.05) is 18.0 Å². The molecule has 6 nitrogen and oxygen atoms in total. The summed E-state index contributed by atoms with van der Waals surface area (Å²) >= 11 is 0. The van der Waals surface area contributed by atoms with Crippen molar-refractivity contribution in [1.29, 1.82) is 0 Å². The molecule has 0 N–H and O–H groups in total. The lowest BCUT2D eigenvalue weighted by atomic mass is 9.96. The van der Waals surface area contributed by atoms with Crippen LogP contribution in [0.3, 0.4) is 0 Å². The first-order valence-corrected chi connectivity index (χ1v) is 9.47. The number of alkyl halides is 2. The Bertz CT molecular complexity index is 890. The molecule has 0 unspecified atom stereocenters.